The predicted octanol–water partition coefficient (Wildman–Crippen LogP) is 1.59. The fourth-order valence-electron chi connectivity index (χ4n) is 0.755. The zero-order valence-corrected chi connectivity index (χ0v) is 6.64. The van der Waals surface area contributed by atoms with Gasteiger partial charge in [-0.1, -0.05) is 6.92 Å². The van der Waals surface area contributed by atoms with Gasteiger partial charge in [0.25, 0.3) is 0 Å². The van der Waals surface area contributed by atoms with Crippen LogP contribution in [0.1, 0.15) is 26.2 Å². The van der Waals surface area contributed by atoms with E-state index >= 15 is 0 Å². The van der Waals surface area contributed by atoms with Crippen LogP contribution in [0.15, 0.2) is 0 Å². The summed E-state index contributed by atoms with van der Waals surface area (Å²) in [5.74, 6) is 0. The number of rotatable bonds is 6. The van der Waals surface area contributed by atoms with Crippen molar-refractivity contribution in [2.75, 3.05) is 19.8 Å². The third-order valence-corrected chi connectivity index (χ3v) is 1.45. The van der Waals surface area contributed by atoms with Crippen molar-refractivity contribution in [3.8, 4) is 0 Å². The third-order valence-electron chi connectivity index (χ3n) is 1.45. The lowest BCUT2D eigenvalue weighted by Crippen LogP contribution is -2.05. The molecule has 0 heterocycles. The van der Waals surface area contributed by atoms with Crippen molar-refractivity contribution in [3.63, 3.8) is 0 Å². The summed E-state index contributed by atoms with van der Waals surface area (Å²) in [6.45, 7) is 4.53. The molecule has 2 heteroatoms. The maximum atomic E-state index is 5.37. The minimum Gasteiger partial charge on any atom is -0.379 e. The Bertz CT molecular complexity index is 79.3. The summed E-state index contributed by atoms with van der Waals surface area (Å²) in [6.07, 6.45) is 4.19. The van der Waals surface area contributed by atoms with Crippen molar-refractivity contribution in [1.29, 1.82) is 0 Å². The van der Waals surface area contributed by atoms with Crippen molar-refractivity contribution in [1.82, 2.24) is 0 Å². The zero-order valence-electron chi connectivity index (χ0n) is 6.64. The van der Waals surface area contributed by atoms with Crippen LogP contribution in [0.4, 0.5) is 0 Å². The standard InChI is InChI=1S/C8H16O2/c1-2-5-9-6-7-10-8-3-4-8/h8H,2-7H2,1H3. The van der Waals surface area contributed by atoms with Crippen LogP contribution in [0.2, 0.25) is 0 Å². The van der Waals surface area contributed by atoms with E-state index in [2.05, 4.69) is 6.92 Å². The highest BCUT2D eigenvalue weighted by atomic mass is 16.5. The Hall–Kier alpha value is -0.0800. The Morgan fingerprint density at radius 3 is 2.60 bits per heavy atom. The van der Waals surface area contributed by atoms with Crippen LogP contribution in [0.3, 0.4) is 0 Å². The van der Waals surface area contributed by atoms with Gasteiger partial charge < -0.3 is 9.47 Å². The van der Waals surface area contributed by atoms with E-state index in [1.807, 2.05) is 0 Å². The summed E-state index contributed by atoms with van der Waals surface area (Å²) in [6, 6.07) is 0. The maximum absolute atomic E-state index is 5.37. The first kappa shape index (κ1) is 8.02. The minimum atomic E-state index is 0.574. The number of hydrogen-bond donors (Lipinski definition) is 0. The van der Waals surface area contributed by atoms with Gasteiger partial charge in [-0.3, -0.25) is 0 Å². The van der Waals surface area contributed by atoms with Gasteiger partial charge in [0.2, 0.25) is 0 Å². The summed E-state index contributed by atoms with van der Waals surface area (Å²) in [7, 11) is 0. The van der Waals surface area contributed by atoms with Gasteiger partial charge in [-0.25, -0.2) is 0 Å². The van der Waals surface area contributed by atoms with Crippen molar-refractivity contribution in [3.05, 3.63) is 0 Å². The Labute approximate surface area is 62.5 Å². The predicted molar refractivity (Wildman–Crippen MR) is 40.1 cm³/mol. The van der Waals surface area contributed by atoms with Gasteiger partial charge in [-0.05, 0) is 19.3 Å². The Morgan fingerprint density at radius 2 is 2.00 bits per heavy atom. The van der Waals surface area contributed by atoms with Crippen LogP contribution in [-0.4, -0.2) is 25.9 Å². The van der Waals surface area contributed by atoms with E-state index in [1.54, 1.807) is 0 Å². The first-order chi connectivity index (χ1) is 4.93. The Balaban J connectivity index is 1.68. The summed E-state index contributed by atoms with van der Waals surface area (Å²) < 4.78 is 10.6. The fraction of sp³-hybridized carbons (Fsp3) is 1.00. The van der Waals surface area contributed by atoms with Crippen LogP contribution in [0.5, 0.6) is 0 Å². The number of ether oxygens (including phenoxy) is 2. The molecule has 0 aliphatic heterocycles. The van der Waals surface area contributed by atoms with Crippen molar-refractivity contribution < 1.29 is 9.47 Å². The van der Waals surface area contributed by atoms with E-state index in [0.717, 1.165) is 26.2 Å². The molecule has 1 fully saturated rings. The van der Waals surface area contributed by atoms with Crippen LogP contribution in [-0.2, 0) is 9.47 Å². The summed E-state index contributed by atoms with van der Waals surface area (Å²) in [4.78, 5) is 0. The van der Waals surface area contributed by atoms with Crippen molar-refractivity contribution >= 4 is 0 Å². The molecule has 0 aromatic heterocycles. The second-order valence-corrected chi connectivity index (χ2v) is 2.68. The molecule has 1 rings (SSSR count). The van der Waals surface area contributed by atoms with E-state index in [4.69, 9.17) is 9.47 Å². The molecule has 1 saturated carbocycles. The van der Waals surface area contributed by atoms with E-state index in [0.29, 0.717) is 6.10 Å². The highest BCUT2D eigenvalue weighted by molar-refractivity contribution is 4.72. The second kappa shape index (κ2) is 4.69. The molecular formula is C8H16O2. The number of hydrogen-bond acceptors (Lipinski definition) is 2. The molecule has 0 aromatic carbocycles. The van der Waals surface area contributed by atoms with Crippen LogP contribution >= 0.6 is 0 Å². The first-order valence-corrected chi connectivity index (χ1v) is 4.13. The topological polar surface area (TPSA) is 18.5 Å². The van der Waals surface area contributed by atoms with E-state index < -0.39 is 0 Å². The van der Waals surface area contributed by atoms with Gasteiger partial charge in [-0.15, -0.1) is 0 Å². The smallest absolute Gasteiger partial charge is 0.0704 e. The molecule has 2 nitrogen and oxygen atoms in total. The van der Waals surface area contributed by atoms with Crippen LogP contribution in [0, 0.1) is 0 Å². The fourth-order valence-corrected chi connectivity index (χ4v) is 0.755. The van der Waals surface area contributed by atoms with Crippen molar-refractivity contribution in [2.45, 2.75) is 32.3 Å². The van der Waals surface area contributed by atoms with Gasteiger partial charge in [0.05, 0.1) is 19.3 Å². The third kappa shape index (κ3) is 3.85. The highest BCUT2D eigenvalue weighted by Crippen LogP contribution is 2.22. The molecule has 0 atom stereocenters. The molecule has 60 valence electrons. The van der Waals surface area contributed by atoms with Crippen molar-refractivity contribution in [2.24, 2.45) is 0 Å². The Morgan fingerprint density at radius 1 is 1.20 bits per heavy atom. The molecule has 10 heavy (non-hydrogen) atoms. The lowest BCUT2D eigenvalue weighted by Gasteiger charge is -2.01. The summed E-state index contributed by atoms with van der Waals surface area (Å²) in [5.41, 5.74) is 0. The van der Waals surface area contributed by atoms with Gasteiger partial charge in [-0.2, -0.15) is 0 Å². The van der Waals surface area contributed by atoms with Gasteiger partial charge in [0.15, 0.2) is 0 Å². The van der Waals surface area contributed by atoms with Gasteiger partial charge in [0.1, 0.15) is 0 Å². The lowest BCUT2D eigenvalue weighted by atomic mass is 10.5. The molecule has 0 bridgehead atoms. The Kier molecular flexibility index (Phi) is 3.76. The molecular weight excluding hydrogens is 128 g/mol. The van der Waals surface area contributed by atoms with E-state index in [9.17, 15) is 0 Å². The molecule has 1 aliphatic carbocycles. The summed E-state index contributed by atoms with van der Waals surface area (Å²) >= 11 is 0. The monoisotopic (exact) mass is 144 g/mol. The quantitative estimate of drug-likeness (QED) is 0.527. The molecule has 0 radical (unpaired) electrons. The average molecular weight is 144 g/mol. The molecule has 0 unspecified atom stereocenters. The average Bonchev–Trinajstić information content (AvgIpc) is 2.71. The van der Waals surface area contributed by atoms with Crippen LogP contribution in [0.25, 0.3) is 0 Å². The largest absolute Gasteiger partial charge is 0.379 e. The van der Waals surface area contributed by atoms with E-state index in [1.165, 1.54) is 12.8 Å². The highest BCUT2D eigenvalue weighted by Gasteiger charge is 2.21. The first-order valence-electron chi connectivity index (χ1n) is 4.13. The summed E-state index contributed by atoms with van der Waals surface area (Å²) in [5, 5.41) is 0. The van der Waals surface area contributed by atoms with Gasteiger partial charge in [0, 0.05) is 6.61 Å². The zero-order chi connectivity index (χ0) is 7.23. The SMILES string of the molecule is CCCOCCOC1CC1. The molecule has 1 aliphatic rings. The maximum Gasteiger partial charge on any atom is 0.0704 e. The normalized spacial score (nSPS) is 17.7. The molecule has 0 saturated heterocycles. The molecule has 0 aromatic rings. The second-order valence-electron chi connectivity index (χ2n) is 2.68. The molecule has 0 N–H and O–H groups in total. The minimum absolute atomic E-state index is 0.574. The molecule has 0 amide bonds. The lowest BCUT2D eigenvalue weighted by molar-refractivity contribution is 0.0405. The van der Waals surface area contributed by atoms with Crippen LogP contribution < -0.4 is 0 Å². The van der Waals surface area contributed by atoms with E-state index in [-0.39, 0.29) is 0 Å². The molecule has 0 spiro atoms. The van der Waals surface area contributed by atoms with Gasteiger partial charge >= 0.3 is 0 Å².